The fraction of sp³-hybridized carbons (Fsp3) is 0.407. The SMILES string of the molecule is Cc1cccc2c1NC(=O)[C@@H](NC(=O)[C@@H](CCCC(F)(F)F)[C@@H](CCC(F)(F)F)C(N)=O)N=C2c1cccc(Cl)c1. The molecule has 0 radical (unpaired) electrons. The van der Waals surface area contributed by atoms with Gasteiger partial charge in [0.15, 0.2) is 0 Å². The maximum atomic E-state index is 13.4. The van der Waals surface area contributed by atoms with E-state index in [1.165, 1.54) is 0 Å². The highest BCUT2D eigenvalue weighted by Gasteiger charge is 2.39. The maximum absolute atomic E-state index is 13.4. The standard InChI is InChI=1S/C27H27ClF6N4O3/c1-14-5-2-8-19-20(14)37-25(41)23(36-21(19)15-6-3-7-16(28)13-15)38-24(40)18(9-4-11-26(29,30)31)17(22(35)39)10-12-27(32,33)34/h2-3,5-8,13,17-18,23H,4,9-12H2,1H3,(H2,35,39)(H,37,41)(H,38,40)/t17-,18+,23-/m1/s1. The Hall–Kier alpha value is -3.61. The van der Waals surface area contributed by atoms with E-state index in [1.807, 2.05) is 0 Å². The zero-order valence-corrected chi connectivity index (χ0v) is 22.5. The quantitative estimate of drug-likeness (QED) is 0.304. The molecular formula is C27H27ClF6N4O3. The van der Waals surface area contributed by atoms with Crippen LogP contribution in [0, 0.1) is 18.8 Å². The van der Waals surface area contributed by atoms with Crippen LogP contribution in [0.2, 0.25) is 5.02 Å². The van der Waals surface area contributed by atoms with Crippen LogP contribution in [0.15, 0.2) is 47.5 Å². The number of nitrogens with one attached hydrogen (secondary N) is 2. The number of rotatable bonds is 10. The number of carbonyl (C=O) groups is 3. The minimum Gasteiger partial charge on any atom is -0.369 e. The van der Waals surface area contributed by atoms with E-state index in [0.717, 1.165) is 0 Å². The van der Waals surface area contributed by atoms with Gasteiger partial charge in [0, 0.05) is 40.8 Å². The fourth-order valence-electron chi connectivity index (χ4n) is 4.58. The summed E-state index contributed by atoms with van der Waals surface area (Å²) < 4.78 is 77.2. The van der Waals surface area contributed by atoms with Crippen molar-refractivity contribution in [1.82, 2.24) is 5.32 Å². The van der Waals surface area contributed by atoms with E-state index in [1.54, 1.807) is 49.4 Å². The van der Waals surface area contributed by atoms with E-state index in [9.17, 15) is 40.7 Å². The molecule has 0 aliphatic carbocycles. The first-order valence-corrected chi connectivity index (χ1v) is 12.9. The molecule has 4 N–H and O–H groups in total. The van der Waals surface area contributed by atoms with Crippen LogP contribution in [0.5, 0.6) is 0 Å². The van der Waals surface area contributed by atoms with Gasteiger partial charge in [-0.15, -0.1) is 0 Å². The van der Waals surface area contributed by atoms with Gasteiger partial charge in [0.2, 0.25) is 18.0 Å². The first-order valence-electron chi connectivity index (χ1n) is 12.5. The van der Waals surface area contributed by atoms with E-state index in [4.69, 9.17) is 17.3 Å². The summed E-state index contributed by atoms with van der Waals surface area (Å²) >= 11 is 6.15. The maximum Gasteiger partial charge on any atom is 0.389 e. The second kappa shape index (κ2) is 12.9. The Balaban J connectivity index is 1.99. The van der Waals surface area contributed by atoms with Gasteiger partial charge >= 0.3 is 12.4 Å². The van der Waals surface area contributed by atoms with Crippen molar-refractivity contribution < 1.29 is 40.7 Å². The Morgan fingerprint density at radius 3 is 2.29 bits per heavy atom. The number of fused-ring (bicyclic) bond motifs is 1. The minimum atomic E-state index is -4.71. The summed E-state index contributed by atoms with van der Waals surface area (Å²) in [5.41, 5.74) is 7.55. The molecule has 3 amide bonds. The Kier molecular flexibility index (Phi) is 10.1. The van der Waals surface area contributed by atoms with E-state index in [2.05, 4.69) is 15.6 Å². The molecule has 3 atom stereocenters. The molecule has 3 rings (SSSR count). The van der Waals surface area contributed by atoms with Crippen LogP contribution in [0.3, 0.4) is 0 Å². The molecule has 1 heterocycles. The molecule has 222 valence electrons. The molecule has 0 bridgehead atoms. The summed E-state index contributed by atoms with van der Waals surface area (Å²) in [4.78, 5) is 43.1. The number of benzene rings is 2. The first kappa shape index (κ1) is 31.9. The lowest BCUT2D eigenvalue weighted by Crippen LogP contribution is -2.48. The molecule has 2 aromatic rings. The summed E-state index contributed by atoms with van der Waals surface area (Å²) in [5, 5.41) is 5.33. The number of hydrogen-bond donors (Lipinski definition) is 3. The third-order valence-corrected chi connectivity index (χ3v) is 6.80. The number of aliphatic imine (C=N–C) groups is 1. The fourth-order valence-corrected chi connectivity index (χ4v) is 4.77. The molecular weight excluding hydrogens is 578 g/mol. The summed E-state index contributed by atoms with van der Waals surface area (Å²) in [7, 11) is 0. The van der Waals surface area contributed by atoms with Gasteiger partial charge in [-0.25, -0.2) is 4.99 Å². The molecule has 2 aromatic carbocycles. The zero-order chi connectivity index (χ0) is 30.5. The van der Waals surface area contributed by atoms with Gasteiger partial charge in [-0.2, -0.15) is 26.3 Å². The van der Waals surface area contributed by atoms with Crippen LogP contribution in [0.25, 0.3) is 0 Å². The van der Waals surface area contributed by atoms with Gasteiger partial charge in [0.25, 0.3) is 5.91 Å². The van der Waals surface area contributed by atoms with Crippen molar-refractivity contribution in [3.05, 3.63) is 64.2 Å². The number of nitrogens with two attached hydrogens (primary N) is 1. The number of amides is 3. The average molecular weight is 605 g/mol. The molecule has 0 fully saturated rings. The lowest BCUT2D eigenvalue weighted by atomic mass is 9.83. The second-order valence-electron chi connectivity index (χ2n) is 9.66. The molecule has 7 nitrogen and oxygen atoms in total. The third-order valence-electron chi connectivity index (χ3n) is 6.56. The van der Waals surface area contributed by atoms with Gasteiger partial charge in [0.1, 0.15) is 0 Å². The van der Waals surface area contributed by atoms with Crippen LogP contribution < -0.4 is 16.4 Å². The minimum absolute atomic E-state index is 0.243. The van der Waals surface area contributed by atoms with E-state index in [-0.39, 0.29) is 5.71 Å². The van der Waals surface area contributed by atoms with Gasteiger partial charge in [0.05, 0.1) is 11.4 Å². The summed E-state index contributed by atoms with van der Waals surface area (Å²) in [6.45, 7) is 1.72. The zero-order valence-electron chi connectivity index (χ0n) is 21.7. The monoisotopic (exact) mass is 604 g/mol. The summed E-state index contributed by atoms with van der Waals surface area (Å²) in [5.74, 6) is -6.64. The van der Waals surface area contributed by atoms with Crippen LogP contribution in [0.4, 0.5) is 32.0 Å². The van der Waals surface area contributed by atoms with Crippen LogP contribution >= 0.6 is 11.6 Å². The third kappa shape index (κ3) is 8.94. The molecule has 1 aliphatic rings. The molecule has 0 spiro atoms. The van der Waals surface area contributed by atoms with Gasteiger partial charge in [-0.05, 0) is 43.9 Å². The highest BCUT2D eigenvalue weighted by molar-refractivity contribution is 6.31. The molecule has 0 saturated carbocycles. The molecule has 0 aromatic heterocycles. The smallest absolute Gasteiger partial charge is 0.369 e. The van der Waals surface area contributed by atoms with Gasteiger partial charge < -0.3 is 16.4 Å². The summed E-state index contributed by atoms with van der Waals surface area (Å²) in [6, 6.07) is 11.6. The predicted octanol–water partition coefficient (Wildman–Crippen LogP) is 5.67. The van der Waals surface area contributed by atoms with Crippen molar-refractivity contribution in [2.75, 3.05) is 5.32 Å². The number of halogens is 7. The van der Waals surface area contributed by atoms with Crippen molar-refractivity contribution in [3.8, 4) is 0 Å². The van der Waals surface area contributed by atoms with E-state index >= 15 is 0 Å². The van der Waals surface area contributed by atoms with Crippen molar-refractivity contribution in [3.63, 3.8) is 0 Å². The van der Waals surface area contributed by atoms with Crippen LogP contribution in [-0.4, -0.2) is 42.0 Å². The highest BCUT2D eigenvalue weighted by atomic mass is 35.5. The van der Waals surface area contributed by atoms with Crippen LogP contribution in [0.1, 0.15) is 48.8 Å². The van der Waals surface area contributed by atoms with Crippen molar-refractivity contribution in [2.24, 2.45) is 22.6 Å². The van der Waals surface area contributed by atoms with Gasteiger partial charge in [-0.3, -0.25) is 14.4 Å². The Bertz CT molecular complexity index is 1330. The van der Waals surface area contributed by atoms with E-state index < -0.39 is 80.2 Å². The number of hydrogen-bond acceptors (Lipinski definition) is 4. The Morgan fingerprint density at radius 2 is 1.68 bits per heavy atom. The van der Waals surface area contributed by atoms with Crippen molar-refractivity contribution in [2.45, 2.75) is 57.5 Å². The number of primary amides is 1. The Morgan fingerprint density at radius 1 is 1.02 bits per heavy atom. The molecule has 41 heavy (non-hydrogen) atoms. The highest BCUT2D eigenvalue weighted by Crippen LogP contribution is 2.32. The normalized spacial score (nSPS) is 17.0. The molecule has 1 aliphatic heterocycles. The number of nitrogens with zero attached hydrogens (tertiary/aromatic N) is 1. The molecule has 0 unspecified atom stereocenters. The number of anilines is 1. The average Bonchev–Trinajstić information content (AvgIpc) is 2.98. The van der Waals surface area contributed by atoms with Gasteiger partial charge in [-0.1, -0.05) is 41.9 Å². The lowest BCUT2D eigenvalue weighted by Gasteiger charge is -2.26. The lowest BCUT2D eigenvalue weighted by molar-refractivity contribution is -0.147. The topological polar surface area (TPSA) is 114 Å². The number of benzodiazepines with no additional fused rings is 1. The number of alkyl halides is 6. The van der Waals surface area contributed by atoms with Crippen LogP contribution in [-0.2, 0) is 14.4 Å². The first-order chi connectivity index (χ1) is 19.1. The van der Waals surface area contributed by atoms with Crippen molar-refractivity contribution >= 4 is 40.7 Å². The summed E-state index contributed by atoms with van der Waals surface area (Å²) in [6.07, 6.45) is -16.0. The Labute approximate surface area is 236 Å². The molecule has 0 saturated heterocycles. The predicted molar refractivity (Wildman–Crippen MR) is 140 cm³/mol. The second-order valence-corrected chi connectivity index (χ2v) is 10.1. The number of para-hydroxylation sites is 1. The number of aryl methyl sites for hydroxylation is 1. The van der Waals surface area contributed by atoms with Crippen molar-refractivity contribution in [1.29, 1.82) is 0 Å². The van der Waals surface area contributed by atoms with E-state index in [0.29, 0.717) is 27.4 Å². The molecule has 14 heteroatoms. The number of carbonyl (C=O) groups excluding carboxylic acids is 3. The largest absolute Gasteiger partial charge is 0.389 e.